The normalized spacial score (nSPS) is 16.8. The van der Waals surface area contributed by atoms with Crippen LogP contribution in [0.3, 0.4) is 0 Å². The fourth-order valence-corrected chi connectivity index (χ4v) is 1.96. The van der Waals surface area contributed by atoms with Crippen LogP contribution in [0.5, 0.6) is 0 Å². The average molecular weight is 204 g/mol. The molecule has 0 fully saturated rings. The van der Waals surface area contributed by atoms with E-state index in [1.54, 1.807) is 0 Å². The number of carbonyl (C=O) groups excluding carboxylic acids is 1. The van der Waals surface area contributed by atoms with Crippen molar-refractivity contribution >= 4 is 5.78 Å². The van der Waals surface area contributed by atoms with Crippen molar-refractivity contribution in [3.05, 3.63) is 35.5 Å². The minimum Gasteiger partial charge on any atom is -0.294 e. The van der Waals surface area contributed by atoms with E-state index in [4.69, 9.17) is 0 Å². The van der Waals surface area contributed by atoms with E-state index in [0.29, 0.717) is 6.42 Å². The summed E-state index contributed by atoms with van der Waals surface area (Å²) in [5, 5.41) is 0. The second-order valence-corrected chi connectivity index (χ2v) is 4.10. The second kappa shape index (κ2) is 5.69. The standard InChI is InChI=1S/C14H20O/c1-4-5-6-7-8-11(2)14-12(3)9-10-13(14)15/h5-6H,2,4,7-10H2,1,3H3. The number of rotatable bonds is 5. The summed E-state index contributed by atoms with van der Waals surface area (Å²) in [5.41, 5.74) is 3.18. The molecule has 0 heterocycles. The van der Waals surface area contributed by atoms with Crippen LogP contribution in [0.15, 0.2) is 35.5 Å². The maximum atomic E-state index is 11.6. The zero-order chi connectivity index (χ0) is 11.3. The van der Waals surface area contributed by atoms with Crippen LogP contribution in [0.2, 0.25) is 0 Å². The molecule has 0 aromatic rings. The fourth-order valence-electron chi connectivity index (χ4n) is 1.96. The molecule has 0 aromatic carbocycles. The van der Waals surface area contributed by atoms with E-state index in [2.05, 4.69) is 25.7 Å². The van der Waals surface area contributed by atoms with Crippen LogP contribution in [0.1, 0.15) is 46.0 Å². The second-order valence-electron chi connectivity index (χ2n) is 4.10. The van der Waals surface area contributed by atoms with E-state index < -0.39 is 0 Å². The minimum absolute atomic E-state index is 0.289. The molecule has 0 radical (unpaired) electrons. The van der Waals surface area contributed by atoms with Crippen LogP contribution in [0.4, 0.5) is 0 Å². The maximum absolute atomic E-state index is 11.6. The van der Waals surface area contributed by atoms with Crippen LogP contribution in [-0.2, 0) is 4.79 Å². The first-order valence-corrected chi connectivity index (χ1v) is 5.73. The molecule has 1 rings (SSSR count). The SMILES string of the molecule is C=C(CCC=CCC)C1=C(C)CCC1=O. The number of carbonyl (C=O) groups is 1. The Kier molecular flexibility index (Phi) is 4.54. The van der Waals surface area contributed by atoms with Crippen LogP contribution >= 0.6 is 0 Å². The molecule has 0 N–H and O–H groups in total. The molecule has 0 spiro atoms. The quantitative estimate of drug-likeness (QED) is 0.619. The van der Waals surface area contributed by atoms with Crippen LogP contribution in [0, 0.1) is 0 Å². The number of ketones is 1. The predicted octanol–water partition coefficient (Wildman–Crippen LogP) is 3.97. The molecule has 1 aliphatic carbocycles. The zero-order valence-corrected chi connectivity index (χ0v) is 9.81. The number of hydrogen-bond donors (Lipinski definition) is 0. The van der Waals surface area contributed by atoms with Gasteiger partial charge in [0.25, 0.3) is 0 Å². The van der Waals surface area contributed by atoms with Gasteiger partial charge in [0.15, 0.2) is 5.78 Å². The van der Waals surface area contributed by atoms with Crippen molar-refractivity contribution < 1.29 is 4.79 Å². The highest BCUT2D eigenvalue weighted by Gasteiger charge is 2.21. The number of allylic oxidation sites excluding steroid dienone is 5. The summed E-state index contributed by atoms with van der Waals surface area (Å²) in [5.74, 6) is 0.289. The smallest absolute Gasteiger partial charge is 0.163 e. The monoisotopic (exact) mass is 204 g/mol. The Morgan fingerprint density at radius 2 is 2.13 bits per heavy atom. The van der Waals surface area contributed by atoms with Gasteiger partial charge in [-0.15, -0.1) is 0 Å². The van der Waals surface area contributed by atoms with Gasteiger partial charge < -0.3 is 0 Å². The number of hydrogen-bond acceptors (Lipinski definition) is 1. The molecule has 1 aliphatic rings. The highest BCUT2D eigenvalue weighted by Crippen LogP contribution is 2.29. The number of Topliss-reactive ketones (excluding diaryl/α,β-unsaturated/α-hetero) is 1. The van der Waals surface area contributed by atoms with Crippen molar-refractivity contribution in [1.29, 1.82) is 0 Å². The molecule has 15 heavy (non-hydrogen) atoms. The zero-order valence-electron chi connectivity index (χ0n) is 9.81. The third-order valence-electron chi connectivity index (χ3n) is 2.80. The van der Waals surface area contributed by atoms with E-state index in [1.165, 1.54) is 5.57 Å². The molecular formula is C14H20O. The fraction of sp³-hybridized carbons (Fsp3) is 0.500. The molecule has 0 unspecified atom stereocenters. The average Bonchev–Trinajstić information content (AvgIpc) is 2.53. The van der Waals surface area contributed by atoms with Gasteiger partial charge in [-0.3, -0.25) is 4.79 Å². The Bertz CT molecular complexity index is 318. The molecule has 0 amide bonds. The summed E-state index contributed by atoms with van der Waals surface area (Å²) < 4.78 is 0. The third kappa shape index (κ3) is 3.19. The van der Waals surface area contributed by atoms with E-state index in [0.717, 1.165) is 36.8 Å². The Labute approximate surface area is 92.6 Å². The lowest BCUT2D eigenvalue weighted by molar-refractivity contribution is -0.114. The molecule has 0 saturated carbocycles. The van der Waals surface area contributed by atoms with Gasteiger partial charge >= 0.3 is 0 Å². The van der Waals surface area contributed by atoms with Gasteiger partial charge in [-0.05, 0) is 38.2 Å². The Morgan fingerprint density at radius 3 is 2.67 bits per heavy atom. The lowest BCUT2D eigenvalue weighted by Gasteiger charge is -2.05. The molecule has 0 aromatic heterocycles. The third-order valence-corrected chi connectivity index (χ3v) is 2.80. The van der Waals surface area contributed by atoms with Gasteiger partial charge in [-0.1, -0.05) is 31.2 Å². The first kappa shape index (κ1) is 12.0. The molecule has 1 heteroatoms. The molecular weight excluding hydrogens is 184 g/mol. The summed E-state index contributed by atoms with van der Waals surface area (Å²) in [7, 11) is 0. The largest absolute Gasteiger partial charge is 0.294 e. The van der Waals surface area contributed by atoms with Gasteiger partial charge in [0.1, 0.15) is 0 Å². The first-order valence-electron chi connectivity index (χ1n) is 5.73. The van der Waals surface area contributed by atoms with Gasteiger partial charge in [0.05, 0.1) is 0 Å². The predicted molar refractivity (Wildman–Crippen MR) is 64.7 cm³/mol. The van der Waals surface area contributed by atoms with Crippen molar-refractivity contribution in [2.24, 2.45) is 0 Å². The van der Waals surface area contributed by atoms with Crippen LogP contribution in [-0.4, -0.2) is 5.78 Å². The van der Waals surface area contributed by atoms with E-state index in [-0.39, 0.29) is 5.78 Å². The molecule has 0 bridgehead atoms. The highest BCUT2D eigenvalue weighted by molar-refractivity contribution is 6.02. The van der Waals surface area contributed by atoms with E-state index in [1.807, 2.05) is 6.92 Å². The summed E-state index contributed by atoms with van der Waals surface area (Å²) in [6.07, 6.45) is 8.92. The molecule has 0 atom stereocenters. The lowest BCUT2D eigenvalue weighted by Crippen LogP contribution is -1.99. The van der Waals surface area contributed by atoms with E-state index >= 15 is 0 Å². The van der Waals surface area contributed by atoms with Crippen LogP contribution < -0.4 is 0 Å². The maximum Gasteiger partial charge on any atom is 0.163 e. The lowest BCUT2D eigenvalue weighted by atomic mass is 9.99. The summed E-state index contributed by atoms with van der Waals surface area (Å²) in [6.45, 7) is 8.19. The topological polar surface area (TPSA) is 17.1 Å². The summed E-state index contributed by atoms with van der Waals surface area (Å²) in [4.78, 5) is 11.6. The summed E-state index contributed by atoms with van der Waals surface area (Å²) in [6, 6.07) is 0. The van der Waals surface area contributed by atoms with Crippen molar-refractivity contribution in [3.63, 3.8) is 0 Å². The van der Waals surface area contributed by atoms with Crippen LogP contribution in [0.25, 0.3) is 0 Å². The Morgan fingerprint density at radius 1 is 1.40 bits per heavy atom. The molecule has 1 nitrogen and oxygen atoms in total. The molecule has 0 aliphatic heterocycles. The van der Waals surface area contributed by atoms with Gasteiger partial charge in [-0.25, -0.2) is 0 Å². The summed E-state index contributed by atoms with van der Waals surface area (Å²) >= 11 is 0. The van der Waals surface area contributed by atoms with Crippen molar-refractivity contribution in [1.82, 2.24) is 0 Å². The van der Waals surface area contributed by atoms with Gasteiger partial charge in [0.2, 0.25) is 0 Å². The van der Waals surface area contributed by atoms with Crippen molar-refractivity contribution in [2.75, 3.05) is 0 Å². The van der Waals surface area contributed by atoms with Crippen molar-refractivity contribution in [2.45, 2.75) is 46.0 Å². The minimum atomic E-state index is 0.289. The van der Waals surface area contributed by atoms with Gasteiger partial charge in [0, 0.05) is 12.0 Å². The highest BCUT2D eigenvalue weighted by atomic mass is 16.1. The van der Waals surface area contributed by atoms with Gasteiger partial charge in [-0.2, -0.15) is 0 Å². The first-order chi connectivity index (χ1) is 7.16. The van der Waals surface area contributed by atoms with Crippen molar-refractivity contribution in [3.8, 4) is 0 Å². The Balaban J connectivity index is 2.50. The van der Waals surface area contributed by atoms with E-state index in [9.17, 15) is 4.79 Å². The molecule has 0 saturated heterocycles. The Hall–Kier alpha value is -1.11. The molecule has 82 valence electrons.